The van der Waals surface area contributed by atoms with E-state index in [1.165, 1.54) is 16.4 Å². The molecular weight excluding hydrogens is 246 g/mol. The van der Waals surface area contributed by atoms with Gasteiger partial charge in [-0.2, -0.15) is 0 Å². The van der Waals surface area contributed by atoms with Crippen LogP contribution in [-0.2, 0) is 6.54 Å². The molecule has 1 aliphatic rings. The van der Waals surface area contributed by atoms with Crippen LogP contribution in [-0.4, -0.2) is 39.3 Å². The van der Waals surface area contributed by atoms with Gasteiger partial charge >= 0.3 is 0 Å². The third-order valence-corrected chi connectivity index (χ3v) is 4.57. The lowest BCUT2D eigenvalue weighted by Crippen LogP contribution is -2.44. The van der Waals surface area contributed by atoms with Crippen molar-refractivity contribution in [3.8, 4) is 0 Å². The molecule has 0 unspecified atom stereocenters. The van der Waals surface area contributed by atoms with Crippen molar-refractivity contribution >= 4 is 11.5 Å². The van der Waals surface area contributed by atoms with Crippen LogP contribution in [0.25, 0.3) is 0 Å². The van der Waals surface area contributed by atoms with E-state index in [4.69, 9.17) is 0 Å². The van der Waals surface area contributed by atoms with E-state index in [9.17, 15) is 5.11 Å². The zero-order valence-electron chi connectivity index (χ0n) is 10.9. The number of hydrogen-bond acceptors (Lipinski definition) is 5. The quantitative estimate of drug-likeness (QED) is 0.829. The molecule has 0 radical (unpaired) electrons. The zero-order valence-corrected chi connectivity index (χ0v) is 11.7. The number of aryl methyl sites for hydroxylation is 1. The Kier molecular flexibility index (Phi) is 4.48. The number of hydrogen-bond donors (Lipinski definition) is 1. The SMILES string of the molecule is C=CC[C@@]1(CO)CCCN(Cc2snnc2C)C1. The summed E-state index contributed by atoms with van der Waals surface area (Å²) in [4.78, 5) is 3.65. The topological polar surface area (TPSA) is 49.2 Å². The summed E-state index contributed by atoms with van der Waals surface area (Å²) in [5, 5.41) is 13.7. The number of aliphatic hydroxyl groups is 1. The molecule has 0 aromatic carbocycles. The Morgan fingerprint density at radius 3 is 3.06 bits per heavy atom. The third-order valence-electron chi connectivity index (χ3n) is 3.77. The molecule has 2 heterocycles. The number of piperidine rings is 1. The van der Waals surface area contributed by atoms with E-state index < -0.39 is 0 Å². The maximum Gasteiger partial charge on any atom is 0.0769 e. The van der Waals surface area contributed by atoms with Crippen molar-refractivity contribution in [3.05, 3.63) is 23.2 Å². The first-order valence-electron chi connectivity index (χ1n) is 6.41. The van der Waals surface area contributed by atoms with Crippen LogP contribution in [0.2, 0.25) is 0 Å². The fourth-order valence-corrected chi connectivity index (χ4v) is 3.39. The molecule has 0 spiro atoms. The van der Waals surface area contributed by atoms with E-state index in [2.05, 4.69) is 21.1 Å². The Balaban J connectivity index is 2.02. The molecule has 0 saturated carbocycles. The fourth-order valence-electron chi connectivity index (χ4n) is 2.71. The maximum absolute atomic E-state index is 9.67. The van der Waals surface area contributed by atoms with E-state index in [-0.39, 0.29) is 12.0 Å². The molecule has 1 aliphatic heterocycles. The number of rotatable bonds is 5. The molecule has 1 aromatic rings. The summed E-state index contributed by atoms with van der Waals surface area (Å²) < 4.78 is 3.98. The Morgan fingerprint density at radius 2 is 2.44 bits per heavy atom. The van der Waals surface area contributed by atoms with Crippen LogP contribution >= 0.6 is 11.5 Å². The predicted octanol–water partition coefficient (Wildman–Crippen LogP) is 2.00. The summed E-state index contributed by atoms with van der Waals surface area (Å²) in [6.07, 6.45) is 5.05. The van der Waals surface area contributed by atoms with Gasteiger partial charge in [0, 0.05) is 18.5 Å². The molecule has 1 saturated heterocycles. The van der Waals surface area contributed by atoms with Crippen LogP contribution in [0, 0.1) is 12.3 Å². The Bertz CT molecular complexity index is 407. The van der Waals surface area contributed by atoms with Gasteiger partial charge in [0.2, 0.25) is 0 Å². The first-order valence-corrected chi connectivity index (χ1v) is 7.18. The van der Waals surface area contributed by atoms with Gasteiger partial charge in [0.25, 0.3) is 0 Å². The van der Waals surface area contributed by atoms with Crippen molar-refractivity contribution in [2.24, 2.45) is 5.41 Å². The second kappa shape index (κ2) is 5.91. The van der Waals surface area contributed by atoms with Crippen molar-refractivity contribution in [2.75, 3.05) is 19.7 Å². The zero-order chi connectivity index (χ0) is 13.0. The van der Waals surface area contributed by atoms with Crippen LogP contribution in [0.15, 0.2) is 12.7 Å². The van der Waals surface area contributed by atoms with Crippen molar-refractivity contribution in [3.63, 3.8) is 0 Å². The number of aliphatic hydroxyl groups excluding tert-OH is 1. The van der Waals surface area contributed by atoms with Crippen molar-refractivity contribution in [1.82, 2.24) is 14.5 Å². The number of nitrogens with zero attached hydrogens (tertiary/aromatic N) is 3. The van der Waals surface area contributed by atoms with Crippen LogP contribution in [0.1, 0.15) is 29.8 Å². The van der Waals surface area contributed by atoms with E-state index in [1.807, 2.05) is 13.0 Å². The van der Waals surface area contributed by atoms with Crippen molar-refractivity contribution in [2.45, 2.75) is 32.7 Å². The van der Waals surface area contributed by atoms with Gasteiger partial charge in [0.15, 0.2) is 0 Å². The first-order chi connectivity index (χ1) is 8.69. The van der Waals surface area contributed by atoms with E-state index in [0.29, 0.717) is 0 Å². The first kappa shape index (κ1) is 13.6. The molecule has 0 bridgehead atoms. The van der Waals surface area contributed by atoms with Gasteiger partial charge in [-0.25, -0.2) is 0 Å². The molecule has 0 aliphatic carbocycles. The highest BCUT2D eigenvalue weighted by molar-refractivity contribution is 7.05. The van der Waals surface area contributed by atoms with Gasteiger partial charge in [0.05, 0.1) is 17.2 Å². The third kappa shape index (κ3) is 2.96. The van der Waals surface area contributed by atoms with Crippen LogP contribution in [0.5, 0.6) is 0 Å². The Labute approximate surface area is 112 Å². The van der Waals surface area contributed by atoms with E-state index in [0.717, 1.165) is 44.6 Å². The van der Waals surface area contributed by atoms with Gasteiger partial charge in [-0.3, -0.25) is 4.90 Å². The monoisotopic (exact) mass is 267 g/mol. The second-order valence-corrected chi connectivity index (χ2v) is 6.09. The van der Waals surface area contributed by atoms with Crippen molar-refractivity contribution in [1.29, 1.82) is 0 Å². The number of likely N-dealkylation sites (tertiary alicyclic amines) is 1. The Morgan fingerprint density at radius 1 is 1.61 bits per heavy atom. The maximum atomic E-state index is 9.67. The number of aromatic nitrogens is 2. The standard InChI is InChI=1S/C13H21N3OS/c1-3-5-13(10-17)6-4-7-16(9-13)8-12-11(2)14-15-18-12/h3,17H,1,4-10H2,2H3/t13-/m1/s1. The normalized spacial score (nSPS) is 25.2. The van der Waals surface area contributed by atoms with E-state index >= 15 is 0 Å². The van der Waals surface area contributed by atoms with Crippen LogP contribution in [0.3, 0.4) is 0 Å². The lowest BCUT2D eigenvalue weighted by Gasteiger charge is -2.41. The lowest BCUT2D eigenvalue weighted by atomic mass is 9.78. The molecule has 4 nitrogen and oxygen atoms in total. The highest BCUT2D eigenvalue weighted by Crippen LogP contribution is 2.34. The average Bonchev–Trinajstić information content (AvgIpc) is 2.76. The summed E-state index contributed by atoms with van der Waals surface area (Å²) in [7, 11) is 0. The highest BCUT2D eigenvalue weighted by atomic mass is 32.1. The molecule has 1 atom stereocenters. The molecule has 18 heavy (non-hydrogen) atoms. The average molecular weight is 267 g/mol. The molecule has 2 rings (SSSR count). The van der Waals surface area contributed by atoms with Gasteiger partial charge in [0.1, 0.15) is 0 Å². The summed E-state index contributed by atoms with van der Waals surface area (Å²) in [6.45, 7) is 9.00. The molecular formula is C13H21N3OS. The minimum atomic E-state index is 0.00597. The summed E-state index contributed by atoms with van der Waals surface area (Å²) >= 11 is 1.48. The molecule has 5 heteroatoms. The predicted molar refractivity (Wildman–Crippen MR) is 73.5 cm³/mol. The molecule has 100 valence electrons. The summed E-state index contributed by atoms with van der Waals surface area (Å²) in [5.74, 6) is 0. The number of allylic oxidation sites excluding steroid dienone is 1. The van der Waals surface area contributed by atoms with E-state index in [1.54, 1.807) is 0 Å². The van der Waals surface area contributed by atoms with Crippen molar-refractivity contribution < 1.29 is 5.11 Å². The molecule has 1 fully saturated rings. The van der Waals surface area contributed by atoms with Gasteiger partial charge in [-0.15, -0.1) is 11.7 Å². The minimum Gasteiger partial charge on any atom is -0.396 e. The van der Waals surface area contributed by atoms with Crippen LogP contribution in [0.4, 0.5) is 0 Å². The fraction of sp³-hybridized carbons (Fsp3) is 0.692. The Hall–Kier alpha value is -0.780. The molecule has 1 aromatic heterocycles. The molecule has 0 amide bonds. The second-order valence-electron chi connectivity index (χ2n) is 5.25. The highest BCUT2D eigenvalue weighted by Gasteiger charge is 2.34. The summed E-state index contributed by atoms with van der Waals surface area (Å²) in [6, 6.07) is 0. The van der Waals surface area contributed by atoms with Gasteiger partial charge in [-0.1, -0.05) is 10.6 Å². The van der Waals surface area contributed by atoms with Gasteiger partial charge < -0.3 is 5.11 Å². The van der Waals surface area contributed by atoms with Crippen LogP contribution < -0.4 is 0 Å². The lowest BCUT2D eigenvalue weighted by molar-refractivity contribution is 0.0312. The largest absolute Gasteiger partial charge is 0.396 e. The van der Waals surface area contributed by atoms with Gasteiger partial charge in [-0.05, 0) is 44.3 Å². The smallest absolute Gasteiger partial charge is 0.0769 e. The summed E-state index contributed by atoms with van der Waals surface area (Å²) in [5.41, 5.74) is 1.04. The minimum absolute atomic E-state index is 0.00597. The molecule has 1 N–H and O–H groups in total.